The van der Waals surface area contributed by atoms with E-state index in [4.69, 9.17) is 4.74 Å². The molecule has 10 heteroatoms. The van der Waals surface area contributed by atoms with Crippen molar-refractivity contribution in [3.63, 3.8) is 0 Å². The lowest BCUT2D eigenvalue weighted by Gasteiger charge is -2.27. The first kappa shape index (κ1) is 20.4. The number of hydrogen-bond donors (Lipinski definition) is 2. The summed E-state index contributed by atoms with van der Waals surface area (Å²) in [4.78, 5) is 15.4. The minimum absolute atomic E-state index is 0.304. The number of nitrogens with zero attached hydrogens (tertiary/aromatic N) is 5. The van der Waals surface area contributed by atoms with Crippen LogP contribution in [0.2, 0.25) is 0 Å². The number of hydrogen-bond acceptors (Lipinski definition) is 8. The van der Waals surface area contributed by atoms with Crippen LogP contribution in [0.5, 0.6) is 0 Å². The third-order valence-electron chi connectivity index (χ3n) is 4.24. The largest absolute Gasteiger partial charge is 0.378 e. The summed E-state index contributed by atoms with van der Waals surface area (Å²) in [5.74, 6) is 0.852. The molecule has 1 fully saturated rings. The summed E-state index contributed by atoms with van der Waals surface area (Å²) in [6, 6.07) is 13.9. The van der Waals surface area contributed by atoms with Crippen molar-refractivity contribution in [3.05, 3.63) is 63.5 Å². The van der Waals surface area contributed by atoms with Gasteiger partial charge in [-0.05, 0) is 64.6 Å². The normalized spacial score (nSPS) is 14.1. The SMILES string of the molecule is Fc1ccc(Nc2nc(NN=Cc3cccc(I)c3)nc(N3CCOCC3)n2)cc1. The average molecular weight is 519 g/mol. The zero-order valence-corrected chi connectivity index (χ0v) is 18.1. The molecule has 4 rings (SSSR count). The zero-order chi connectivity index (χ0) is 20.8. The molecule has 0 radical (unpaired) electrons. The highest BCUT2D eigenvalue weighted by Crippen LogP contribution is 2.19. The van der Waals surface area contributed by atoms with Crippen LogP contribution in [0, 0.1) is 9.39 Å². The topological polar surface area (TPSA) is 87.6 Å². The molecule has 0 atom stereocenters. The van der Waals surface area contributed by atoms with Crippen LogP contribution in [0.25, 0.3) is 0 Å². The summed E-state index contributed by atoms with van der Waals surface area (Å²) < 4.78 is 19.7. The maximum atomic E-state index is 13.2. The summed E-state index contributed by atoms with van der Waals surface area (Å²) in [6.07, 6.45) is 1.70. The van der Waals surface area contributed by atoms with Crippen molar-refractivity contribution < 1.29 is 9.13 Å². The molecule has 30 heavy (non-hydrogen) atoms. The van der Waals surface area contributed by atoms with E-state index in [0.717, 1.165) is 9.13 Å². The molecular formula is C20H19FIN7O. The van der Waals surface area contributed by atoms with Crippen LogP contribution >= 0.6 is 22.6 Å². The lowest BCUT2D eigenvalue weighted by Crippen LogP contribution is -2.37. The Hall–Kier alpha value is -2.86. The van der Waals surface area contributed by atoms with Crippen molar-refractivity contribution in [2.45, 2.75) is 0 Å². The van der Waals surface area contributed by atoms with Crippen molar-refractivity contribution in [2.24, 2.45) is 5.10 Å². The Kier molecular flexibility index (Phi) is 6.64. The fraction of sp³-hybridized carbons (Fsp3) is 0.200. The summed E-state index contributed by atoms with van der Waals surface area (Å²) in [7, 11) is 0. The molecular weight excluding hydrogens is 500 g/mol. The summed E-state index contributed by atoms with van der Waals surface area (Å²) in [6.45, 7) is 2.59. The third kappa shape index (κ3) is 5.60. The first-order chi connectivity index (χ1) is 14.7. The number of aromatic nitrogens is 3. The Morgan fingerprint density at radius 1 is 1.03 bits per heavy atom. The minimum atomic E-state index is -0.308. The molecule has 1 aromatic heterocycles. The first-order valence-corrected chi connectivity index (χ1v) is 10.4. The Morgan fingerprint density at radius 2 is 1.80 bits per heavy atom. The van der Waals surface area contributed by atoms with Gasteiger partial charge in [-0.25, -0.2) is 9.82 Å². The van der Waals surface area contributed by atoms with E-state index in [1.807, 2.05) is 29.2 Å². The van der Waals surface area contributed by atoms with Crippen LogP contribution in [0.4, 0.5) is 27.9 Å². The number of hydrazone groups is 1. The summed E-state index contributed by atoms with van der Waals surface area (Å²) >= 11 is 2.25. The van der Waals surface area contributed by atoms with Crippen LogP contribution < -0.4 is 15.6 Å². The average Bonchev–Trinajstić information content (AvgIpc) is 2.76. The van der Waals surface area contributed by atoms with Crippen LogP contribution in [0.3, 0.4) is 0 Å². The Balaban J connectivity index is 1.56. The van der Waals surface area contributed by atoms with Crippen LogP contribution in [-0.2, 0) is 4.74 Å². The van der Waals surface area contributed by atoms with Gasteiger partial charge in [0.15, 0.2) is 0 Å². The molecule has 1 saturated heterocycles. The van der Waals surface area contributed by atoms with E-state index in [0.29, 0.717) is 49.8 Å². The summed E-state index contributed by atoms with van der Waals surface area (Å²) in [5, 5.41) is 7.33. The van der Waals surface area contributed by atoms with Crippen molar-refractivity contribution in [3.8, 4) is 0 Å². The van der Waals surface area contributed by atoms with E-state index in [1.54, 1.807) is 18.3 Å². The molecule has 2 heterocycles. The Bertz CT molecular complexity index is 1030. The van der Waals surface area contributed by atoms with Gasteiger partial charge in [-0.3, -0.25) is 0 Å². The van der Waals surface area contributed by atoms with E-state index in [9.17, 15) is 4.39 Å². The van der Waals surface area contributed by atoms with Crippen LogP contribution in [-0.4, -0.2) is 47.5 Å². The van der Waals surface area contributed by atoms with Gasteiger partial charge in [0.25, 0.3) is 0 Å². The molecule has 2 aromatic carbocycles. The molecule has 0 bridgehead atoms. The highest BCUT2D eigenvalue weighted by Gasteiger charge is 2.16. The Morgan fingerprint density at radius 3 is 2.57 bits per heavy atom. The van der Waals surface area contributed by atoms with E-state index in [1.165, 1.54) is 12.1 Å². The monoisotopic (exact) mass is 519 g/mol. The third-order valence-corrected chi connectivity index (χ3v) is 4.92. The maximum absolute atomic E-state index is 13.2. The molecule has 0 aliphatic carbocycles. The van der Waals surface area contributed by atoms with Crippen LogP contribution in [0.1, 0.15) is 5.56 Å². The number of nitrogens with one attached hydrogen (secondary N) is 2. The lowest BCUT2D eigenvalue weighted by atomic mass is 10.2. The van der Waals surface area contributed by atoms with Gasteiger partial charge in [0, 0.05) is 22.3 Å². The summed E-state index contributed by atoms with van der Waals surface area (Å²) in [5.41, 5.74) is 4.50. The van der Waals surface area contributed by atoms with Crippen molar-refractivity contribution in [1.29, 1.82) is 0 Å². The van der Waals surface area contributed by atoms with E-state index >= 15 is 0 Å². The van der Waals surface area contributed by atoms with Gasteiger partial charge in [-0.1, -0.05) is 12.1 Å². The van der Waals surface area contributed by atoms with Crippen molar-refractivity contribution in [1.82, 2.24) is 15.0 Å². The molecule has 2 N–H and O–H groups in total. The van der Waals surface area contributed by atoms with Gasteiger partial charge >= 0.3 is 0 Å². The predicted octanol–water partition coefficient (Wildman–Crippen LogP) is 3.64. The minimum Gasteiger partial charge on any atom is -0.378 e. The smallest absolute Gasteiger partial charge is 0.250 e. The zero-order valence-electron chi connectivity index (χ0n) is 15.9. The van der Waals surface area contributed by atoms with Gasteiger partial charge < -0.3 is 15.0 Å². The van der Waals surface area contributed by atoms with Crippen LogP contribution in [0.15, 0.2) is 53.6 Å². The molecule has 154 valence electrons. The molecule has 0 unspecified atom stereocenters. The fourth-order valence-corrected chi connectivity index (χ4v) is 3.36. The lowest BCUT2D eigenvalue weighted by molar-refractivity contribution is 0.122. The maximum Gasteiger partial charge on any atom is 0.250 e. The number of halogens is 2. The van der Waals surface area contributed by atoms with Gasteiger partial charge in [0.1, 0.15) is 5.82 Å². The number of benzene rings is 2. The second kappa shape index (κ2) is 9.76. The number of anilines is 4. The quantitative estimate of drug-likeness (QED) is 0.292. The Labute approximate surface area is 186 Å². The molecule has 1 aliphatic heterocycles. The number of morpholine rings is 1. The fourth-order valence-electron chi connectivity index (χ4n) is 2.79. The first-order valence-electron chi connectivity index (χ1n) is 9.32. The van der Waals surface area contributed by atoms with E-state index in [-0.39, 0.29) is 5.82 Å². The molecule has 0 amide bonds. The second-order valence-corrected chi connectivity index (χ2v) is 7.68. The van der Waals surface area contributed by atoms with E-state index in [2.05, 4.69) is 53.4 Å². The molecule has 8 nitrogen and oxygen atoms in total. The van der Waals surface area contributed by atoms with Gasteiger partial charge in [-0.15, -0.1) is 0 Å². The van der Waals surface area contributed by atoms with Gasteiger partial charge in [-0.2, -0.15) is 20.1 Å². The van der Waals surface area contributed by atoms with Gasteiger partial charge in [0.05, 0.1) is 19.4 Å². The molecule has 0 spiro atoms. The number of rotatable bonds is 6. The number of ether oxygens (including phenoxy) is 1. The highest BCUT2D eigenvalue weighted by molar-refractivity contribution is 14.1. The highest BCUT2D eigenvalue weighted by atomic mass is 127. The van der Waals surface area contributed by atoms with E-state index < -0.39 is 0 Å². The predicted molar refractivity (Wildman–Crippen MR) is 123 cm³/mol. The van der Waals surface area contributed by atoms with Crippen molar-refractivity contribution >= 4 is 52.3 Å². The van der Waals surface area contributed by atoms with Crippen molar-refractivity contribution in [2.75, 3.05) is 41.9 Å². The molecule has 3 aromatic rings. The standard InChI is InChI=1S/C20H19FIN7O/c21-15-4-6-17(7-5-15)24-18-25-19(27-20(26-18)29-8-10-30-11-9-29)28-23-13-14-2-1-3-16(22)12-14/h1-7,12-13H,8-11H2,(H2,24,25,26,27,28). The van der Waals surface area contributed by atoms with Gasteiger partial charge in [0.2, 0.25) is 17.8 Å². The second-order valence-electron chi connectivity index (χ2n) is 6.44. The molecule has 0 saturated carbocycles. The molecule has 1 aliphatic rings.